The van der Waals surface area contributed by atoms with E-state index in [4.69, 9.17) is 17.3 Å². The van der Waals surface area contributed by atoms with Crippen molar-refractivity contribution >= 4 is 40.8 Å². The molecule has 0 saturated carbocycles. The maximum atomic E-state index is 11.5. The molecule has 21 heavy (non-hydrogen) atoms. The first kappa shape index (κ1) is 15.6. The number of hydrogen-bond donors (Lipinski definition) is 2. The van der Waals surface area contributed by atoms with E-state index in [1.54, 1.807) is 11.8 Å². The number of primary amides is 1. The van der Waals surface area contributed by atoms with Crippen LogP contribution in [-0.2, 0) is 6.42 Å². The van der Waals surface area contributed by atoms with Crippen LogP contribution in [0.15, 0.2) is 29.2 Å². The lowest BCUT2D eigenvalue weighted by molar-refractivity contribution is 0.0996. The molecule has 5 nitrogen and oxygen atoms in total. The second-order valence-electron chi connectivity index (χ2n) is 4.23. The van der Waals surface area contributed by atoms with Crippen LogP contribution in [0.5, 0.6) is 0 Å². The zero-order chi connectivity index (χ0) is 15.4. The van der Waals surface area contributed by atoms with Crippen molar-refractivity contribution < 1.29 is 4.79 Å². The zero-order valence-corrected chi connectivity index (χ0v) is 13.3. The molecule has 0 saturated heterocycles. The van der Waals surface area contributed by atoms with E-state index in [2.05, 4.69) is 15.3 Å². The lowest BCUT2D eigenvalue weighted by Crippen LogP contribution is -2.18. The number of aryl methyl sites for hydroxylation is 1. The van der Waals surface area contributed by atoms with Gasteiger partial charge in [0, 0.05) is 10.6 Å². The van der Waals surface area contributed by atoms with Crippen molar-refractivity contribution in [3.8, 4) is 0 Å². The number of carbonyl (C=O) groups excluding carboxylic acids is 1. The molecule has 0 aliphatic rings. The molecule has 0 atom stereocenters. The molecule has 2 aromatic rings. The van der Waals surface area contributed by atoms with Crippen LogP contribution in [-0.4, -0.2) is 22.1 Å². The Balaban J connectivity index is 2.37. The van der Waals surface area contributed by atoms with E-state index in [1.165, 1.54) is 0 Å². The SMILES string of the molecule is CCc1nc(C(N)=O)c(Nc2ccc(SC)cc2)nc1Cl. The number of anilines is 2. The number of nitrogens with one attached hydrogen (secondary N) is 1. The van der Waals surface area contributed by atoms with Crippen molar-refractivity contribution in [2.45, 2.75) is 18.2 Å². The molecule has 2 rings (SSSR count). The third-order valence-electron chi connectivity index (χ3n) is 2.84. The molecule has 1 aromatic heterocycles. The number of carbonyl (C=O) groups is 1. The van der Waals surface area contributed by atoms with Gasteiger partial charge in [-0.3, -0.25) is 4.79 Å². The standard InChI is InChI=1S/C14H15ClN4OS/c1-3-10-12(15)19-14(11(18-10)13(16)20)17-8-4-6-9(21-2)7-5-8/h4-7H,3H2,1-2H3,(H2,16,20)(H,17,19). The van der Waals surface area contributed by atoms with Gasteiger partial charge in [0.15, 0.2) is 16.7 Å². The molecule has 0 spiro atoms. The van der Waals surface area contributed by atoms with Crippen LogP contribution in [0.2, 0.25) is 5.15 Å². The molecular formula is C14H15ClN4OS. The number of nitrogens with two attached hydrogens (primary N) is 1. The maximum absolute atomic E-state index is 11.5. The molecule has 0 fully saturated rings. The molecule has 0 aliphatic heterocycles. The van der Waals surface area contributed by atoms with Crippen LogP contribution in [0.25, 0.3) is 0 Å². The maximum Gasteiger partial charge on any atom is 0.271 e. The Morgan fingerprint density at radius 1 is 1.33 bits per heavy atom. The number of aromatic nitrogens is 2. The van der Waals surface area contributed by atoms with E-state index < -0.39 is 5.91 Å². The smallest absolute Gasteiger partial charge is 0.271 e. The molecule has 110 valence electrons. The molecule has 7 heteroatoms. The van der Waals surface area contributed by atoms with Gasteiger partial charge in [-0.2, -0.15) is 0 Å². The largest absolute Gasteiger partial charge is 0.364 e. The molecule has 1 heterocycles. The fourth-order valence-corrected chi connectivity index (χ4v) is 2.41. The van der Waals surface area contributed by atoms with Crippen LogP contribution in [0, 0.1) is 0 Å². The lowest BCUT2D eigenvalue weighted by Gasteiger charge is -2.11. The average molecular weight is 323 g/mol. The average Bonchev–Trinajstić information content (AvgIpc) is 2.48. The van der Waals surface area contributed by atoms with E-state index in [1.807, 2.05) is 37.4 Å². The van der Waals surface area contributed by atoms with Gasteiger partial charge in [-0.05, 0) is 36.9 Å². The van der Waals surface area contributed by atoms with Crippen molar-refractivity contribution in [3.63, 3.8) is 0 Å². The first-order valence-electron chi connectivity index (χ1n) is 6.32. The molecule has 0 bridgehead atoms. The minimum atomic E-state index is -0.642. The van der Waals surface area contributed by atoms with Crippen LogP contribution < -0.4 is 11.1 Å². The Morgan fingerprint density at radius 2 is 2.00 bits per heavy atom. The summed E-state index contributed by atoms with van der Waals surface area (Å²) in [6.45, 7) is 1.88. The van der Waals surface area contributed by atoms with Gasteiger partial charge in [0.05, 0.1) is 5.69 Å². The van der Waals surface area contributed by atoms with Gasteiger partial charge in [-0.1, -0.05) is 18.5 Å². The minimum Gasteiger partial charge on any atom is -0.364 e. The normalized spacial score (nSPS) is 10.4. The summed E-state index contributed by atoms with van der Waals surface area (Å²) >= 11 is 7.70. The summed E-state index contributed by atoms with van der Waals surface area (Å²) in [5.74, 6) is -0.376. The third-order valence-corrected chi connectivity index (χ3v) is 3.89. The van der Waals surface area contributed by atoms with Gasteiger partial charge in [0.2, 0.25) is 0 Å². The third kappa shape index (κ3) is 3.65. The van der Waals surface area contributed by atoms with E-state index in [9.17, 15) is 4.79 Å². The minimum absolute atomic E-state index is 0.0881. The lowest BCUT2D eigenvalue weighted by atomic mass is 10.3. The summed E-state index contributed by atoms with van der Waals surface area (Å²) in [6.07, 6.45) is 2.58. The summed E-state index contributed by atoms with van der Waals surface area (Å²) in [5, 5.41) is 3.30. The highest BCUT2D eigenvalue weighted by Crippen LogP contribution is 2.24. The number of benzene rings is 1. The molecule has 0 radical (unpaired) electrons. The predicted molar refractivity (Wildman–Crippen MR) is 86.4 cm³/mol. The monoisotopic (exact) mass is 322 g/mol. The topological polar surface area (TPSA) is 80.9 Å². The summed E-state index contributed by atoms with van der Waals surface area (Å²) < 4.78 is 0. The Labute approximate surface area is 132 Å². The van der Waals surface area contributed by atoms with Gasteiger partial charge in [0.25, 0.3) is 5.91 Å². The highest BCUT2D eigenvalue weighted by atomic mass is 35.5. The zero-order valence-electron chi connectivity index (χ0n) is 11.7. The van der Waals surface area contributed by atoms with Gasteiger partial charge in [0.1, 0.15) is 0 Å². The van der Waals surface area contributed by atoms with E-state index in [0.717, 1.165) is 10.6 Å². The van der Waals surface area contributed by atoms with Crippen molar-refractivity contribution in [2.75, 3.05) is 11.6 Å². The Morgan fingerprint density at radius 3 is 2.52 bits per heavy atom. The van der Waals surface area contributed by atoms with Crippen molar-refractivity contribution in [2.24, 2.45) is 5.73 Å². The molecule has 0 aliphatic carbocycles. The van der Waals surface area contributed by atoms with Gasteiger partial charge >= 0.3 is 0 Å². The Hall–Kier alpha value is -1.79. The van der Waals surface area contributed by atoms with Crippen LogP contribution in [0.4, 0.5) is 11.5 Å². The van der Waals surface area contributed by atoms with Crippen LogP contribution in [0.3, 0.4) is 0 Å². The predicted octanol–water partition coefficient (Wildman–Crippen LogP) is 3.26. The van der Waals surface area contributed by atoms with E-state index >= 15 is 0 Å². The molecule has 1 amide bonds. The summed E-state index contributed by atoms with van der Waals surface area (Å²) in [4.78, 5) is 21.0. The van der Waals surface area contributed by atoms with Crippen molar-refractivity contribution in [1.82, 2.24) is 9.97 Å². The number of amides is 1. The Bertz CT molecular complexity index is 661. The highest BCUT2D eigenvalue weighted by Gasteiger charge is 2.16. The summed E-state index contributed by atoms with van der Waals surface area (Å²) in [7, 11) is 0. The molecule has 3 N–H and O–H groups in total. The highest BCUT2D eigenvalue weighted by molar-refractivity contribution is 7.98. The Kier molecular flexibility index (Phi) is 5.03. The fourth-order valence-electron chi connectivity index (χ4n) is 1.74. The quantitative estimate of drug-likeness (QED) is 0.826. The molecule has 0 unspecified atom stereocenters. The first-order chi connectivity index (χ1) is 10.0. The van der Waals surface area contributed by atoms with Gasteiger partial charge in [-0.25, -0.2) is 9.97 Å². The number of thioether (sulfide) groups is 1. The van der Waals surface area contributed by atoms with Crippen LogP contribution >= 0.6 is 23.4 Å². The van der Waals surface area contributed by atoms with Crippen molar-refractivity contribution in [3.05, 3.63) is 40.8 Å². The van der Waals surface area contributed by atoms with E-state index in [0.29, 0.717) is 12.1 Å². The van der Waals surface area contributed by atoms with Crippen LogP contribution in [0.1, 0.15) is 23.1 Å². The number of hydrogen-bond acceptors (Lipinski definition) is 5. The van der Waals surface area contributed by atoms with E-state index in [-0.39, 0.29) is 16.7 Å². The molecule has 1 aromatic carbocycles. The number of halogens is 1. The summed E-state index contributed by atoms with van der Waals surface area (Å²) in [5.41, 5.74) is 6.78. The number of rotatable bonds is 5. The van der Waals surface area contributed by atoms with Gasteiger partial charge in [-0.15, -0.1) is 11.8 Å². The summed E-state index contributed by atoms with van der Waals surface area (Å²) in [6, 6.07) is 7.71. The first-order valence-corrected chi connectivity index (χ1v) is 7.92. The molecular weight excluding hydrogens is 308 g/mol. The second kappa shape index (κ2) is 6.78. The van der Waals surface area contributed by atoms with Gasteiger partial charge < -0.3 is 11.1 Å². The fraction of sp³-hybridized carbons (Fsp3) is 0.214. The van der Waals surface area contributed by atoms with Crippen molar-refractivity contribution in [1.29, 1.82) is 0 Å². The second-order valence-corrected chi connectivity index (χ2v) is 5.47. The number of nitrogens with zero attached hydrogens (tertiary/aromatic N) is 2.